The van der Waals surface area contributed by atoms with Gasteiger partial charge in [0.1, 0.15) is 0 Å². The standard InChI is InChI=1S/C21H30N6O2/c1-2-18(21-22-23-24-27(21)17-5-3-4-6-17)26-11-9-25(10-12-26)14-16-7-8-19-20(13-16)29-15-28-19/h7-8,13,17-18H,2-6,9-12,14-15H2,1H3. The van der Waals surface area contributed by atoms with Crippen LogP contribution in [0.3, 0.4) is 0 Å². The van der Waals surface area contributed by atoms with Crippen LogP contribution in [0.4, 0.5) is 0 Å². The smallest absolute Gasteiger partial charge is 0.231 e. The van der Waals surface area contributed by atoms with Gasteiger partial charge in [-0.25, -0.2) is 4.68 Å². The van der Waals surface area contributed by atoms with Gasteiger partial charge in [0.05, 0.1) is 12.1 Å². The van der Waals surface area contributed by atoms with E-state index in [2.05, 4.69) is 49.1 Å². The molecule has 3 heterocycles. The first-order valence-corrected chi connectivity index (χ1v) is 10.9. The molecule has 1 saturated carbocycles. The summed E-state index contributed by atoms with van der Waals surface area (Å²) in [7, 11) is 0. The van der Waals surface area contributed by atoms with Gasteiger partial charge in [-0.05, 0) is 47.4 Å². The van der Waals surface area contributed by atoms with E-state index in [0.29, 0.717) is 18.9 Å². The Labute approximate surface area is 171 Å². The highest BCUT2D eigenvalue weighted by Crippen LogP contribution is 2.34. The third kappa shape index (κ3) is 3.83. The molecule has 1 aromatic heterocycles. The van der Waals surface area contributed by atoms with Gasteiger partial charge in [-0.15, -0.1) is 5.10 Å². The molecule has 8 nitrogen and oxygen atoms in total. The van der Waals surface area contributed by atoms with Crippen molar-refractivity contribution < 1.29 is 9.47 Å². The maximum absolute atomic E-state index is 5.52. The number of hydrogen-bond acceptors (Lipinski definition) is 7. The highest BCUT2D eigenvalue weighted by molar-refractivity contribution is 5.44. The maximum atomic E-state index is 5.52. The van der Waals surface area contributed by atoms with Crippen molar-refractivity contribution in [2.45, 2.75) is 57.7 Å². The zero-order valence-corrected chi connectivity index (χ0v) is 17.2. The molecule has 1 saturated heterocycles. The molecule has 1 aromatic carbocycles. The molecule has 1 unspecified atom stereocenters. The fraction of sp³-hybridized carbons (Fsp3) is 0.667. The minimum atomic E-state index is 0.304. The van der Waals surface area contributed by atoms with Crippen LogP contribution in [-0.2, 0) is 6.54 Å². The maximum Gasteiger partial charge on any atom is 0.231 e. The van der Waals surface area contributed by atoms with Crippen LogP contribution < -0.4 is 9.47 Å². The Morgan fingerprint density at radius 1 is 1.07 bits per heavy atom. The highest BCUT2D eigenvalue weighted by atomic mass is 16.7. The minimum Gasteiger partial charge on any atom is -0.454 e. The molecule has 2 aliphatic heterocycles. The van der Waals surface area contributed by atoms with Crippen molar-refractivity contribution in [3.63, 3.8) is 0 Å². The lowest BCUT2D eigenvalue weighted by atomic mass is 10.1. The van der Waals surface area contributed by atoms with Crippen molar-refractivity contribution in [1.29, 1.82) is 0 Å². The van der Waals surface area contributed by atoms with Crippen LogP contribution in [0.2, 0.25) is 0 Å². The van der Waals surface area contributed by atoms with Crippen molar-refractivity contribution in [2.24, 2.45) is 0 Å². The number of aromatic nitrogens is 4. The molecule has 5 rings (SSSR count). The third-order valence-corrected chi connectivity index (χ3v) is 6.56. The summed E-state index contributed by atoms with van der Waals surface area (Å²) >= 11 is 0. The molecular weight excluding hydrogens is 368 g/mol. The Morgan fingerprint density at radius 3 is 2.66 bits per heavy atom. The van der Waals surface area contributed by atoms with E-state index in [9.17, 15) is 0 Å². The lowest BCUT2D eigenvalue weighted by Gasteiger charge is -2.38. The van der Waals surface area contributed by atoms with E-state index >= 15 is 0 Å². The molecule has 0 spiro atoms. The number of ether oxygens (including phenoxy) is 2. The Morgan fingerprint density at radius 2 is 1.86 bits per heavy atom. The topological polar surface area (TPSA) is 68.5 Å². The Balaban J connectivity index is 1.21. The van der Waals surface area contributed by atoms with Crippen molar-refractivity contribution >= 4 is 0 Å². The summed E-state index contributed by atoms with van der Waals surface area (Å²) in [4.78, 5) is 5.08. The quantitative estimate of drug-likeness (QED) is 0.741. The van der Waals surface area contributed by atoms with E-state index in [1.165, 1.54) is 31.2 Å². The summed E-state index contributed by atoms with van der Waals surface area (Å²) in [5.41, 5.74) is 1.28. The molecule has 3 aliphatic rings. The van der Waals surface area contributed by atoms with E-state index in [-0.39, 0.29) is 0 Å². The first-order chi connectivity index (χ1) is 14.3. The summed E-state index contributed by atoms with van der Waals surface area (Å²) < 4.78 is 13.1. The van der Waals surface area contributed by atoms with Crippen LogP contribution in [0.5, 0.6) is 11.5 Å². The number of piperazine rings is 1. The number of rotatable bonds is 6. The summed E-state index contributed by atoms with van der Waals surface area (Å²) in [6.07, 6.45) is 6.03. The Bertz CT molecular complexity index is 826. The van der Waals surface area contributed by atoms with E-state index in [0.717, 1.165) is 56.5 Å². The average molecular weight is 399 g/mol. The van der Waals surface area contributed by atoms with Gasteiger partial charge in [-0.1, -0.05) is 25.8 Å². The molecule has 1 aliphatic carbocycles. The summed E-state index contributed by atoms with van der Waals surface area (Å²) in [6, 6.07) is 7.06. The monoisotopic (exact) mass is 398 g/mol. The molecule has 0 N–H and O–H groups in total. The number of hydrogen-bond donors (Lipinski definition) is 0. The molecule has 0 radical (unpaired) electrons. The second-order valence-electron chi connectivity index (χ2n) is 8.34. The molecule has 29 heavy (non-hydrogen) atoms. The zero-order valence-electron chi connectivity index (χ0n) is 17.2. The predicted octanol–water partition coefficient (Wildman–Crippen LogP) is 2.79. The van der Waals surface area contributed by atoms with Gasteiger partial charge >= 0.3 is 0 Å². The summed E-state index contributed by atoms with van der Waals surface area (Å²) in [6.45, 7) is 7.71. The SMILES string of the molecule is CCC(c1nnnn1C1CCCC1)N1CCN(Cc2ccc3c(c2)OCO3)CC1. The van der Waals surface area contributed by atoms with Gasteiger partial charge < -0.3 is 9.47 Å². The fourth-order valence-electron chi connectivity index (χ4n) is 4.96. The first-order valence-electron chi connectivity index (χ1n) is 10.9. The van der Waals surface area contributed by atoms with Gasteiger partial charge in [0.25, 0.3) is 0 Å². The van der Waals surface area contributed by atoms with Crippen LogP contribution >= 0.6 is 0 Å². The molecule has 2 fully saturated rings. The lowest BCUT2D eigenvalue weighted by molar-refractivity contribution is 0.0833. The molecule has 156 valence electrons. The molecule has 2 aromatic rings. The normalized spacial score (nSPS) is 21.7. The third-order valence-electron chi connectivity index (χ3n) is 6.56. The van der Waals surface area contributed by atoms with Crippen LogP contribution in [0.15, 0.2) is 18.2 Å². The van der Waals surface area contributed by atoms with Crippen molar-refractivity contribution in [3.05, 3.63) is 29.6 Å². The van der Waals surface area contributed by atoms with E-state index in [4.69, 9.17) is 9.47 Å². The van der Waals surface area contributed by atoms with Gasteiger partial charge in [0.2, 0.25) is 6.79 Å². The Kier molecular flexibility index (Phi) is 5.37. The average Bonchev–Trinajstić information content (AvgIpc) is 3.51. The van der Waals surface area contributed by atoms with Gasteiger partial charge in [0, 0.05) is 32.7 Å². The van der Waals surface area contributed by atoms with Gasteiger partial charge in [-0.2, -0.15) is 0 Å². The van der Waals surface area contributed by atoms with Crippen molar-refractivity contribution in [3.8, 4) is 11.5 Å². The second kappa shape index (κ2) is 8.28. The highest BCUT2D eigenvalue weighted by Gasteiger charge is 2.30. The van der Waals surface area contributed by atoms with Crippen LogP contribution in [0.25, 0.3) is 0 Å². The van der Waals surface area contributed by atoms with E-state index in [1.54, 1.807) is 0 Å². The molecular formula is C21H30N6O2. The van der Waals surface area contributed by atoms with Gasteiger partial charge in [0.15, 0.2) is 17.3 Å². The first kappa shape index (κ1) is 18.8. The fourth-order valence-corrected chi connectivity index (χ4v) is 4.96. The summed E-state index contributed by atoms with van der Waals surface area (Å²) in [5.74, 6) is 2.78. The summed E-state index contributed by atoms with van der Waals surface area (Å²) in [5, 5.41) is 12.8. The van der Waals surface area contributed by atoms with Crippen LogP contribution in [-0.4, -0.2) is 63.0 Å². The predicted molar refractivity (Wildman–Crippen MR) is 108 cm³/mol. The molecule has 8 heteroatoms. The Hall–Kier alpha value is -2.19. The van der Waals surface area contributed by atoms with Crippen molar-refractivity contribution in [1.82, 2.24) is 30.0 Å². The van der Waals surface area contributed by atoms with Gasteiger partial charge in [-0.3, -0.25) is 9.80 Å². The number of fused-ring (bicyclic) bond motifs is 1. The lowest BCUT2D eigenvalue weighted by Crippen LogP contribution is -2.47. The number of tetrazole rings is 1. The largest absolute Gasteiger partial charge is 0.454 e. The van der Waals surface area contributed by atoms with E-state index in [1.807, 2.05) is 6.07 Å². The number of nitrogens with zero attached hydrogens (tertiary/aromatic N) is 6. The molecule has 0 amide bonds. The van der Waals surface area contributed by atoms with E-state index < -0.39 is 0 Å². The molecule has 0 bridgehead atoms. The number of benzene rings is 1. The second-order valence-corrected chi connectivity index (χ2v) is 8.34. The van der Waals surface area contributed by atoms with Crippen molar-refractivity contribution in [2.75, 3.05) is 33.0 Å². The zero-order chi connectivity index (χ0) is 19.6. The van der Waals surface area contributed by atoms with Crippen LogP contribution in [0, 0.1) is 0 Å². The molecule has 1 atom stereocenters. The van der Waals surface area contributed by atoms with Crippen LogP contribution in [0.1, 0.15) is 62.5 Å². The minimum absolute atomic E-state index is 0.304.